The number of nitrogens with one attached hydrogen (secondary N) is 2. The van der Waals surface area contributed by atoms with E-state index in [-0.39, 0.29) is 12.6 Å². The van der Waals surface area contributed by atoms with Gasteiger partial charge in [0, 0.05) is 38.8 Å². The van der Waals surface area contributed by atoms with Crippen LogP contribution in [0.25, 0.3) is 0 Å². The maximum Gasteiger partial charge on any atom is 0.194 e. The van der Waals surface area contributed by atoms with E-state index in [0.29, 0.717) is 12.1 Å². The molecule has 0 spiro atoms. The fraction of sp³-hybridized carbons (Fsp3) is 0.412. The lowest BCUT2D eigenvalue weighted by molar-refractivity contribution is 0.444. The summed E-state index contributed by atoms with van der Waals surface area (Å²) >= 11 is 0. The molecule has 134 valence electrons. The lowest BCUT2D eigenvalue weighted by Crippen LogP contribution is -2.38. The molecule has 1 aromatic carbocycles. The maximum absolute atomic E-state index is 13.3. The summed E-state index contributed by atoms with van der Waals surface area (Å²) in [6.45, 7) is 1.80. The third kappa shape index (κ3) is 4.01. The monoisotopic (exact) mass is 351 g/mol. The van der Waals surface area contributed by atoms with Crippen LogP contribution in [-0.2, 0) is 6.54 Å². The van der Waals surface area contributed by atoms with Crippen LogP contribution in [-0.4, -0.2) is 36.1 Å². The van der Waals surface area contributed by atoms with Gasteiger partial charge in [-0.15, -0.1) is 0 Å². The summed E-state index contributed by atoms with van der Waals surface area (Å²) in [5.41, 5.74) is 0.375. The van der Waals surface area contributed by atoms with Crippen LogP contribution in [0.5, 0.6) is 0 Å². The first kappa shape index (κ1) is 17.5. The van der Waals surface area contributed by atoms with Crippen molar-refractivity contribution in [2.75, 3.05) is 30.4 Å². The van der Waals surface area contributed by atoms with Crippen LogP contribution in [0, 0.1) is 17.5 Å². The molecule has 1 unspecified atom stereocenters. The largest absolute Gasteiger partial charge is 0.373 e. The van der Waals surface area contributed by atoms with Gasteiger partial charge in [-0.05, 0) is 30.5 Å². The zero-order valence-corrected chi connectivity index (χ0v) is 13.9. The van der Waals surface area contributed by atoms with Crippen LogP contribution in [0.3, 0.4) is 0 Å². The summed E-state index contributed by atoms with van der Waals surface area (Å²) in [6, 6.07) is 4.15. The number of anilines is 2. The van der Waals surface area contributed by atoms with Gasteiger partial charge in [-0.3, -0.25) is 0 Å². The molecule has 0 amide bonds. The molecule has 1 saturated heterocycles. The lowest BCUT2D eigenvalue weighted by atomic mass is 10.2. The average molecular weight is 351 g/mol. The Labute approximate surface area is 144 Å². The highest BCUT2D eigenvalue weighted by Crippen LogP contribution is 2.24. The van der Waals surface area contributed by atoms with Crippen molar-refractivity contribution < 1.29 is 13.2 Å². The molecule has 2 aromatic rings. The molecule has 1 atom stereocenters. The standard InChI is InChI=1S/C17H20F3N5/c1-21-15-7-16(24-10-23-15)25-4-2-3-12(25)9-22-8-11-5-13(18)17(20)14(19)6-11/h5-7,10,12,22H,2-4,8-9H2,1H3,(H,21,23,24). The second kappa shape index (κ2) is 7.69. The van der Waals surface area contributed by atoms with Gasteiger partial charge >= 0.3 is 0 Å². The summed E-state index contributed by atoms with van der Waals surface area (Å²) in [5.74, 6) is -2.17. The Kier molecular flexibility index (Phi) is 5.37. The molecule has 8 heteroatoms. The van der Waals surface area contributed by atoms with E-state index in [1.807, 2.05) is 6.07 Å². The molecule has 25 heavy (non-hydrogen) atoms. The number of aromatic nitrogens is 2. The Hall–Kier alpha value is -2.35. The van der Waals surface area contributed by atoms with Gasteiger partial charge in [-0.2, -0.15) is 0 Å². The van der Waals surface area contributed by atoms with Crippen LogP contribution in [0.2, 0.25) is 0 Å². The Morgan fingerprint density at radius 1 is 1.16 bits per heavy atom. The van der Waals surface area contributed by atoms with Crippen molar-refractivity contribution in [1.29, 1.82) is 0 Å². The molecule has 0 radical (unpaired) electrons. The van der Waals surface area contributed by atoms with Crippen molar-refractivity contribution in [3.05, 3.63) is 47.5 Å². The van der Waals surface area contributed by atoms with Gasteiger partial charge in [0.1, 0.15) is 18.0 Å². The Balaban J connectivity index is 1.60. The van der Waals surface area contributed by atoms with Crippen LogP contribution in [0.4, 0.5) is 24.8 Å². The maximum atomic E-state index is 13.3. The minimum atomic E-state index is -1.44. The molecule has 1 fully saturated rings. The number of nitrogens with zero attached hydrogens (tertiary/aromatic N) is 3. The number of hydrogen-bond donors (Lipinski definition) is 2. The highest BCUT2D eigenvalue weighted by molar-refractivity contribution is 5.49. The van der Waals surface area contributed by atoms with E-state index in [1.165, 1.54) is 6.33 Å². The number of hydrogen-bond acceptors (Lipinski definition) is 5. The summed E-state index contributed by atoms with van der Waals surface area (Å²) in [4.78, 5) is 10.6. The van der Waals surface area contributed by atoms with Crippen LogP contribution >= 0.6 is 0 Å². The molecule has 0 saturated carbocycles. The lowest BCUT2D eigenvalue weighted by Gasteiger charge is -2.26. The van der Waals surface area contributed by atoms with Crippen molar-refractivity contribution in [1.82, 2.24) is 15.3 Å². The second-order valence-electron chi connectivity index (χ2n) is 6.01. The van der Waals surface area contributed by atoms with Gasteiger partial charge in [0.25, 0.3) is 0 Å². The zero-order valence-electron chi connectivity index (χ0n) is 13.9. The predicted octanol–water partition coefficient (Wildman–Crippen LogP) is 2.69. The number of halogens is 3. The molecule has 2 N–H and O–H groups in total. The Morgan fingerprint density at radius 2 is 1.92 bits per heavy atom. The normalized spacial score (nSPS) is 17.1. The van der Waals surface area contributed by atoms with Crippen LogP contribution in [0.1, 0.15) is 18.4 Å². The van der Waals surface area contributed by atoms with Gasteiger partial charge < -0.3 is 15.5 Å². The quantitative estimate of drug-likeness (QED) is 0.784. The van der Waals surface area contributed by atoms with Gasteiger partial charge in [-0.1, -0.05) is 0 Å². The van der Waals surface area contributed by atoms with E-state index in [4.69, 9.17) is 0 Å². The van der Waals surface area contributed by atoms with E-state index in [9.17, 15) is 13.2 Å². The molecule has 1 aromatic heterocycles. The van der Waals surface area contributed by atoms with Crippen molar-refractivity contribution in [3.63, 3.8) is 0 Å². The summed E-state index contributed by atoms with van der Waals surface area (Å²) in [5, 5.41) is 6.18. The van der Waals surface area contributed by atoms with E-state index >= 15 is 0 Å². The fourth-order valence-corrected chi connectivity index (χ4v) is 3.08. The minimum absolute atomic E-state index is 0.231. The first-order chi connectivity index (χ1) is 12.1. The third-order valence-electron chi connectivity index (χ3n) is 4.33. The SMILES string of the molecule is CNc1cc(N2CCCC2CNCc2cc(F)c(F)c(F)c2)ncn1. The molecule has 2 heterocycles. The summed E-state index contributed by atoms with van der Waals surface area (Å²) in [6.07, 6.45) is 3.57. The van der Waals surface area contributed by atoms with Crippen molar-refractivity contribution >= 4 is 11.6 Å². The summed E-state index contributed by atoms with van der Waals surface area (Å²) in [7, 11) is 1.80. The van der Waals surface area contributed by atoms with Gasteiger partial charge in [0.15, 0.2) is 17.5 Å². The molecule has 5 nitrogen and oxygen atoms in total. The summed E-state index contributed by atoms with van der Waals surface area (Å²) < 4.78 is 39.5. The van der Waals surface area contributed by atoms with Gasteiger partial charge in [0.05, 0.1) is 0 Å². The molecular formula is C17H20F3N5. The van der Waals surface area contributed by atoms with E-state index in [0.717, 1.165) is 43.2 Å². The van der Waals surface area contributed by atoms with E-state index < -0.39 is 17.5 Å². The second-order valence-corrected chi connectivity index (χ2v) is 6.01. The molecule has 0 aliphatic carbocycles. The average Bonchev–Trinajstić information content (AvgIpc) is 3.08. The number of rotatable bonds is 6. The van der Waals surface area contributed by atoms with E-state index in [2.05, 4.69) is 25.5 Å². The van der Waals surface area contributed by atoms with Crippen LogP contribution in [0.15, 0.2) is 24.5 Å². The molecule has 1 aliphatic rings. The smallest absolute Gasteiger partial charge is 0.194 e. The Bertz CT molecular complexity index is 717. The zero-order chi connectivity index (χ0) is 17.8. The Morgan fingerprint density at radius 3 is 2.64 bits per heavy atom. The first-order valence-electron chi connectivity index (χ1n) is 8.19. The molecule has 1 aliphatic heterocycles. The fourth-order valence-electron chi connectivity index (χ4n) is 3.08. The van der Waals surface area contributed by atoms with Crippen molar-refractivity contribution in [3.8, 4) is 0 Å². The highest BCUT2D eigenvalue weighted by Gasteiger charge is 2.25. The topological polar surface area (TPSA) is 53.1 Å². The predicted molar refractivity (Wildman–Crippen MR) is 90.0 cm³/mol. The number of benzene rings is 1. The molecular weight excluding hydrogens is 331 g/mol. The van der Waals surface area contributed by atoms with Crippen molar-refractivity contribution in [2.45, 2.75) is 25.4 Å². The van der Waals surface area contributed by atoms with Gasteiger partial charge in [-0.25, -0.2) is 23.1 Å². The third-order valence-corrected chi connectivity index (χ3v) is 4.33. The molecule has 3 rings (SSSR count). The van der Waals surface area contributed by atoms with Crippen molar-refractivity contribution in [2.24, 2.45) is 0 Å². The molecule has 0 bridgehead atoms. The van der Waals surface area contributed by atoms with E-state index in [1.54, 1.807) is 7.05 Å². The highest BCUT2D eigenvalue weighted by atomic mass is 19.2. The van der Waals surface area contributed by atoms with Crippen LogP contribution < -0.4 is 15.5 Å². The first-order valence-corrected chi connectivity index (χ1v) is 8.19. The minimum Gasteiger partial charge on any atom is -0.373 e. The van der Waals surface area contributed by atoms with Gasteiger partial charge in [0.2, 0.25) is 0 Å².